The second kappa shape index (κ2) is 5.64. The molecule has 0 atom stereocenters. The van der Waals surface area contributed by atoms with E-state index in [4.69, 9.17) is 0 Å². The molecule has 0 amide bonds. The van der Waals surface area contributed by atoms with Gasteiger partial charge in [0.25, 0.3) is 0 Å². The van der Waals surface area contributed by atoms with Gasteiger partial charge in [0, 0.05) is 0 Å². The molecule has 68 valence electrons. The van der Waals surface area contributed by atoms with E-state index in [1.807, 2.05) is 0 Å². The molecule has 0 spiro atoms. The standard InChI is InChI=1S/C11H18.W/c1-6-8-10(5)11(7-2)9(3)4;/h7-9H,1-5H3;. The van der Waals surface area contributed by atoms with E-state index in [1.165, 1.54) is 15.0 Å². The van der Waals surface area contributed by atoms with Crippen molar-refractivity contribution < 1.29 is 19.4 Å². The maximum absolute atomic E-state index is 2.28. The molecule has 0 unspecified atom stereocenters. The van der Waals surface area contributed by atoms with Crippen molar-refractivity contribution in [3.63, 3.8) is 0 Å². The monoisotopic (exact) mass is 334 g/mol. The van der Waals surface area contributed by atoms with Crippen molar-refractivity contribution in [2.75, 3.05) is 0 Å². The Morgan fingerprint density at radius 2 is 1.75 bits per heavy atom. The summed E-state index contributed by atoms with van der Waals surface area (Å²) in [5, 5.41) is 0. The molecule has 0 bridgehead atoms. The summed E-state index contributed by atoms with van der Waals surface area (Å²) in [6.07, 6.45) is 4.50. The summed E-state index contributed by atoms with van der Waals surface area (Å²) in [5.74, 6) is 0.639. The average molecular weight is 334 g/mol. The molecular formula is C11H18W. The van der Waals surface area contributed by atoms with Gasteiger partial charge in [0.1, 0.15) is 0 Å². The molecule has 0 heterocycles. The first-order valence-electron chi connectivity index (χ1n) is 4.34. The van der Waals surface area contributed by atoms with Crippen LogP contribution in [-0.4, -0.2) is 3.90 Å². The van der Waals surface area contributed by atoms with E-state index in [1.54, 1.807) is 19.4 Å². The van der Waals surface area contributed by atoms with Crippen molar-refractivity contribution in [3.05, 3.63) is 23.3 Å². The van der Waals surface area contributed by atoms with Crippen molar-refractivity contribution in [1.29, 1.82) is 0 Å². The van der Waals surface area contributed by atoms with Crippen molar-refractivity contribution in [2.24, 2.45) is 5.92 Å². The Morgan fingerprint density at radius 1 is 1.25 bits per heavy atom. The first-order valence-corrected chi connectivity index (χ1v) is 5.81. The van der Waals surface area contributed by atoms with Gasteiger partial charge in [0.05, 0.1) is 0 Å². The summed E-state index contributed by atoms with van der Waals surface area (Å²) < 4.78 is 1.45. The molecule has 0 saturated carbocycles. The number of hydrogen-bond acceptors (Lipinski definition) is 0. The van der Waals surface area contributed by atoms with Gasteiger partial charge in [-0.25, -0.2) is 0 Å². The summed E-state index contributed by atoms with van der Waals surface area (Å²) >= 11 is 1.56. The Morgan fingerprint density at radius 3 is 2.00 bits per heavy atom. The van der Waals surface area contributed by atoms with Crippen molar-refractivity contribution in [2.45, 2.75) is 34.6 Å². The molecule has 0 aromatic carbocycles. The van der Waals surface area contributed by atoms with Crippen LogP contribution >= 0.6 is 0 Å². The summed E-state index contributed by atoms with van der Waals surface area (Å²) in [6.45, 7) is 11.0. The molecule has 0 aliphatic rings. The van der Waals surface area contributed by atoms with Gasteiger partial charge in [0.2, 0.25) is 0 Å². The molecule has 0 saturated heterocycles. The Kier molecular flexibility index (Phi) is 5.66. The molecule has 0 rings (SSSR count). The van der Waals surface area contributed by atoms with Crippen LogP contribution in [0.25, 0.3) is 0 Å². The van der Waals surface area contributed by atoms with Crippen LogP contribution in [0.5, 0.6) is 0 Å². The maximum atomic E-state index is 2.28. The molecular weight excluding hydrogens is 316 g/mol. The second-order valence-electron chi connectivity index (χ2n) is 3.34. The minimum absolute atomic E-state index is 0.639. The number of allylic oxidation sites excluding steroid dienone is 4. The van der Waals surface area contributed by atoms with Gasteiger partial charge in [-0.15, -0.1) is 0 Å². The second-order valence-corrected chi connectivity index (χ2v) is 5.65. The molecule has 0 nitrogen and oxygen atoms in total. The Hall–Kier alpha value is 0.0383. The van der Waals surface area contributed by atoms with Gasteiger partial charge in [-0.2, -0.15) is 0 Å². The fourth-order valence-corrected chi connectivity index (χ4v) is 2.04. The summed E-state index contributed by atoms with van der Waals surface area (Å²) in [4.78, 5) is 0. The third-order valence-corrected chi connectivity index (χ3v) is 2.23. The Bertz CT molecular complexity index is 219. The van der Waals surface area contributed by atoms with E-state index in [9.17, 15) is 0 Å². The van der Waals surface area contributed by atoms with Crippen LogP contribution in [0, 0.1) is 5.92 Å². The van der Waals surface area contributed by atoms with Crippen molar-refractivity contribution >= 4 is 3.90 Å². The average Bonchev–Trinajstić information content (AvgIpc) is 1.85. The molecule has 0 radical (unpaired) electrons. The van der Waals surface area contributed by atoms with Gasteiger partial charge in [-0.1, -0.05) is 0 Å². The van der Waals surface area contributed by atoms with E-state index in [-0.39, 0.29) is 0 Å². The predicted octanol–water partition coefficient (Wildman–Crippen LogP) is 3.27. The van der Waals surface area contributed by atoms with Gasteiger partial charge < -0.3 is 0 Å². The zero-order chi connectivity index (χ0) is 9.72. The number of hydrogen-bond donors (Lipinski definition) is 0. The molecule has 0 N–H and O–H groups in total. The first-order chi connectivity index (χ1) is 5.49. The van der Waals surface area contributed by atoms with E-state index >= 15 is 0 Å². The van der Waals surface area contributed by atoms with E-state index in [0.29, 0.717) is 5.92 Å². The van der Waals surface area contributed by atoms with E-state index in [2.05, 4.69) is 46.8 Å². The quantitative estimate of drug-likeness (QED) is 0.695. The van der Waals surface area contributed by atoms with E-state index < -0.39 is 0 Å². The van der Waals surface area contributed by atoms with Crippen molar-refractivity contribution in [1.82, 2.24) is 0 Å². The van der Waals surface area contributed by atoms with Crippen LogP contribution in [0.1, 0.15) is 34.6 Å². The molecule has 12 heavy (non-hydrogen) atoms. The van der Waals surface area contributed by atoms with Gasteiger partial charge in [-0.05, 0) is 0 Å². The summed E-state index contributed by atoms with van der Waals surface area (Å²) in [7, 11) is 0. The Balaban J connectivity index is 4.66. The summed E-state index contributed by atoms with van der Waals surface area (Å²) in [6, 6.07) is 0. The van der Waals surface area contributed by atoms with Gasteiger partial charge >= 0.3 is 87.1 Å². The SMILES string of the molecule is CC=C(C(C)=C[C](C)=[W])C(C)C. The van der Waals surface area contributed by atoms with Crippen LogP contribution < -0.4 is 0 Å². The minimum atomic E-state index is 0.639. The van der Waals surface area contributed by atoms with Gasteiger partial charge in [0.15, 0.2) is 0 Å². The summed E-state index contributed by atoms with van der Waals surface area (Å²) in [5.41, 5.74) is 2.88. The molecule has 1 heteroatoms. The van der Waals surface area contributed by atoms with Crippen LogP contribution in [0.2, 0.25) is 0 Å². The molecule has 0 aromatic rings. The third-order valence-electron chi connectivity index (χ3n) is 1.81. The Labute approximate surface area is 87.2 Å². The molecule has 0 aromatic heterocycles. The first kappa shape index (κ1) is 12.0. The zero-order valence-electron chi connectivity index (χ0n) is 8.64. The van der Waals surface area contributed by atoms with Crippen LogP contribution in [-0.2, 0) is 19.4 Å². The van der Waals surface area contributed by atoms with Crippen LogP contribution in [0.15, 0.2) is 23.3 Å². The van der Waals surface area contributed by atoms with Crippen molar-refractivity contribution in [3.8, 4) is 0 Å². The topological polar surface area (TPSA) is 0 Å². The fourth-order valence-electron chi connectivity index (χ4n) is 1.40. The predicted molar refractivity (Wildman–Crippen MR) is 53.0 cm³/mol. The molecule has 0 aliphatic carbocycles. The van der Waals surface area contributed by atoms with Crippen LogP contribution in [0.3, 0.4) is 0 Å². The van der Waals surface area contributed by atoms with E-state index in [0.717, 1.165) is 0 Å². The number of rotatable bonds is 3. The van der Waals surface area contributed by atoms with Gasteiger partial charge in [-0.3, -0.25) is 0 Å². The van der Waals surface area contributed by atoms with Crippen LogP contribution in [0.4, 0.5) is 0 Å². The zero-order valence-corrected chi connectivity index (χ0v) is 11.6. The third kappa shape index (κ3) is 4.16. The molecule has 0 aliphatic heterocycles. The fraction of sp³-hybridized carbons (Fsp3) is 0.545. The molecule has 0 fully saturated rings. The normalized spacial score (nSPS) is 13.8.